The molecule has 136 valence electrons. The summed E-state index contributed by atoms with van der Waals surface area (Å²) in [5, 5.41) is 21.3. The Morgan fingerprint density at radius 2 is 1.96 bits per heavy atom. The van der Waals surface area contributed by atoms with E-state index in [1.807, 2.05) is 49.7 Å². The van der Waals surface area contributed by atoms with Gasteiger partial charge < -0.3 is 9.88 Å². The summed E-state index contributed by atoms with van der Waals surface area (Å²) in [6.45, 7) is 4.55. The largest absolute Gasteiger partial charge is 0.346 e. The maximum atomic E-state index is 12.2. The van der Waals surface area contributed by atoms with Crippen LogP contribution in [0.1, 0.15) is 38.7 Å². The van der Waals surface area contributed by atoms with Gasteiger partial charge in [0.15, 0.2) is 5.16 Å². The standard InChI is InChI=1S/C17H20N6OS2/c1-4-13-19-22-17(23(13)3)25-10-14-20-21-16(26-14)15(24)18-9-12-7-5-11(2)6-8-12/h5-8H,4,9-10H2,1-3H3,(H,18,24). The molecule has 0 aliphatic carbocycles. The number of carbonyl (C=O) groups is 1. The first-order chi connectivity index (χ1) is 12.6. The highest BCUT2D eigenvalue weighted by Crippen LogP contribution is 2.23. The molecule has 9 heteroatoms. The van der Waals surface area contributed by atoms with E-state index in [1.54, 1.807) is 0 Å². The average Bonchev–Trinajstić information content (AvgIpc) is 3.26. The summed E-state index contributed by atoms with van der Waals surface area (Å²) in [6.07, 6.45) is 0.841. The van der Waals surface area contributed by atoms with E-state index in [0.717, 1.165) is 28.0 Å². The molecule has 1 amide bonds. The number of carbonyl (C=O) groups excluding carboxylic acids is 1. The predicted octanol–water partition coefficient (Wildman–Crippen LogP) is 2.76. The maximum absolute atomic E-state index is 12.2. The van der Waals surface area contributed by atoms with Crippen LogP contribution in [0.25, 0.3) is 0 Å². The number of benzene rings is 1. The van der Waals surface area contributed by atoms with Crippen LogP contribution < -0.4 is 5.32 Å². The summed E-state index contributed by atoms with van der Waals surface area (Å²) < 4.78 is 1.97. The third-order valence-electron chi connectivity index (χ3n) is 3.80. The van der Waals surface area contributed by atoms with E-state index in [-0.39, 0.29) is 5.91 Å². The molecular formula is C17H20N6OS2. The molecule has 0 saturated carbocycles. The smallest absolute Gasteiger partial charge is 0.282 e. The van der Waals surface area contributed by atoms with E-state index in [4.69, 9.17) is 0 Å². The lowest BCUT2D eigenvalue weighted by Crippen LogP contribution is -2.22. The number of rotatable bonds is 7. The molecule has 0 saturated heterocycles. The van der Waals surface area contributed by atoms with Crippen LogP contribution >= 0.6 is 23.1 Å². The first-order valence-electron chi connectivity index (χ1n) is 8.24. The Morgan fingerprint density at radius 3 is 2.65 bits per heavy atom. The van der Waals surface area contributed by atoms with Crippen molar-refractivity contribution in [1.82, 2.24) is 30.3 Å². The average molecular weight is 389 g/mol. The highest BCUT2D eigenvalue weighted by molar-refractivity contribution is 7.98. The van der Waals surface area contributed by atoms with Crippen LogP contribution in [0, 0.1) is 6.92 Å². The molecule has 3 aromatic rings. The van der Waals surface area contributed by atoms with Gasteiger partial charge in [0, 0.05) is 20.0 Å². The predicted molar refractivity (Wildman–Crippen MR) is 102 cm³/mol. The highest BCUT2D eigenvalue weighted by atomic mass is 32.2. The third-order valence-corrected chi connectivity index (χ3v) is 5.94. The molecule has 2 aromatic heterocycles. The Bertz CT molecular complexity index is 887. The fraction of sp³-hybridized carbons (Fsp3) is 0.353. The number of nitrogens with zero attached hydrogens (tertiary/aromatic N) is 5. The molecule has 0 aliphatic rings. The minimum atomic E-state index is -0.203. The van der Waals surface area contributed by atoms with Crippen LogP contribution in [0.5, 0.6) is 0 Å². The van der Waals surface area contributed by atoms with Gasteiger partial charge >= 0.3 is 0 Å². The molecule has 0 atom stereocenters. The summed E-state index contributed by atoms with van der Waals surface area (Å²) in [5.41, 5.74) is 2.25. The number of thioether (sulfide) groups is 1. The Labute approximate surface area is 160 Å². The van der Waals surface area contributed by atoms with E-state index in [9.17, 15) is 4.79 Å². The van der Waals surface area contributed by atoms with Gasteiger partial charge in [-0.25, -0.2) is 0 Å². The maximum Gasteiger partial charge on any atom is 0.282 e. The third kappa shape index (κ3) is 4.47. The number of aryl methyl sites for hydroxylation is 2. The second-order valence-electron chi connectivity index (χ2n) is 5.77. The van der Waals surface area contributed by atoms with Gasteiger partial charge in [-0.1, -0.05) is 59.9 Å². The first kappa shape index (κ1) is 18.5. The molecule has 0 aliphatic heterocycles. The zero-order chi connectivity index (χ0) is 18.5. The summed E-state index contributed by atoms with van der Waals surface area (Å²) in [5.74, 6) is 1.35. The topological polar surface area (TPSA) is 85.6 Å². The summed E-state index contributed by atoms with van der Waals surface area (Å²) in [7, 11) is 1.95. The van der Waals surface area contributed by atoms with Gasteiger partial charge in [0.1, 0.15) is 10.8 Å². The molecule has 0 radical (unpaired) electrons. The lowest BCUT2D eigenvalue weighted by molar-refractivity contribution is 0.0950. The molecule has 26 heavy (non-hydrogen) atoms. The first-order valence-corrected chi connectivity index (χ1v) is 10.0. The van der Waals surface area contributed by atoms with Gasteiger partial charge in [0.05, 0.1) is 5.75 Å². The van der Waals surface area contributed by atoms with Crippen LogP contribution in [0.4, 0.5) is 0 Å². The monoisotopic (exact) mass is 388 g/mol. The molecule has 0 spiro atoms. The van der Waals surface area contributed by atoms with Gasteiger partial charge in [-0.3, -0.25) is 4.79 Å². The molecule has 0 fully saturated rings. The fourth-order valence-electron chi connectivity index (χ4n) is 2.27. The van der Waals surface area contributed by atoms with Crippen molar-refractivity contribution in [2.45, 2.75) is 37.7 Å². The molecule has 3 rings (SSSR count). The van der Waals surface area contributed by atoms with Crippen molar-refractivity contribution in [3.8, 4) is 0 Å². The minimum Gasteiger partial charge on any atom is -0.346 e. The second kappa shape index (κ2) is 8.41. The number of hydrogen-bond donors (Lipinski definition) is 1. The Kier molecular flexibility index (Phi) is 6.00. The lowest BCUT2D eigenvalue weighted by atomic mass is 10.1. The van der Waals surface area contributed by atoms with E-state index in [0.29, 0.717) is 17.3 Å². The quantitative estimate of drug-likeness (QED) is 0.627. The number of aromatic nitrogens is 5. The van der Waals surface area contributed by atoms with E-state index < -0.39 is 0 Å². The normalized spacial score (nSPS) is 10.9. The van der Waals surface area contributed by atoms with E-state index in [2.05, 4.69) is 25.7 Å². The van der Waals surface area contributed by atoms with Gasteiger partial charge in [0.25, 0.3) is 5.91 Å². The van der Waals surface area contributed by atoms with Crippen LogP contribution in [-0.2, 0) is 25.8 Å². The van der Waals surface area contributed by atoms with Gasteiger partial charge in [-0.15, -0.1) is 20.4 Å². The zero-order valence-corrected chi connectivity index (χ0v) is 16.5. The van der Waals surface area contributed by atoms with Crippen molar-refractivity contribution < 1.29 is 4.79 Å². The lowest BCUT2D eigenvalue weighted by Gasteiger charge is -2.03. The minimum absolute atomic E-state index is 0.203. The molecule has 2 heterocycles. The number of hydrogen-bond acceptors (Lipinski definition) is 7. The summed E-state index contributed by atoms with van der Waals surface area (Å²) >= 11 is 2.84. The number of amides is 1. The SMILES string of the molecule is CCc1nnc(SCc2nnc(C(=O)NCc3ccc(C)cc3)s2)n1C. The van der Waals surface area contributed by atoms with Gasteiger partial charge in [-0.05, 0) is 12.5 Å². The van der Waals surface area contributed by atoms with Crippen molar-refractivity contribution >= 4 is 29.0 Å². The van der Waals surface area contributed by atoms with Gasteiger partial charge in [-0.2, -0.15) is 0 Å². The summed E-state index contributed by atoms with van der Waals surface area (Å²) in [4.78, 5) is 12.2. The van der Waals surface area contributed by atoms with Crippen molar-refractivity contribution in [3.05, 3.63) is 51.2 Å². The van der Waals surface area contributed by atoms with E-state index in [1.165, 1.54) is 28.7 Å². The molecule has 0 unspecified atom stereocenters. The van der Waals surface area contributed by atoms with Crippen molar-refractivity contribution in [2.24, 2.45) is 7.05 Å². The molecule has 1 aromatic carbocycles. The summed E-state index contributed by atoms with van der Waals surface area (Å²) in [6, 6.07) is 8.06. The highest BCUT2D eigenvalue weighted by Gasteiger charge is 2.14. The van der Waals surface area contributed by atoms with Crippen molar-refractivity contribution in [1.29, 1.82) is 0 Å². The van der Waals surface area contributed by atoms with Crippen LogP contribution in [0.3, 0.4) is 0 Å². The van der Waals surface area contributed by atoms with Crippen molar-refractivity contribution in [3.63, 3.8) is 0 Å². The Balaban J connectivity index is 1.54. The molecule has 0 bridgehead atoms. The van der Waals surface area contributed by atoms with Crippen LogP contribution in [0.2, 0.25) is 0 Å². The molecule has 7 nitrogen and oxygen atoms in total. The zero-order valence-electron chi connectivity index (χ0n) is 14.9. The van der Waals surface area contributed by atoms with Crippen LogP contribution in [0.15, 0.2) is 29.4 Å². The number of nitrogens with one attached hydrogen (secondary N) is 1. The molecule has 1 N–H and O–H groups in total. The van der Waals surface area contributed by atoms with Crippen LogP contribution in [-0.4, -0.2) is 30.9 Å². The second-order valence-corrected chi connectivity index (χ2v) is 7.77. The van der Waals surface area contributed by atoms with E-state index >= 15 is 0 Å². The van der Waals surface area contributed by atoms with Gasteiger partial charge in [0.2, 0.25) is 5.01 Å². The fourth-order valence-corrected chi connectivity index (χ4v) is 3.94. The van der Waals surface area contributed by atoms with Crippen molar-refractivity contribution in [2.75, 3.05) is 0 Å². The Hall–Kier alpha value is -2.26. The Morgan fingerprint density at radius 1 is 1.19 bits per heavy atom. The molecular weight excluding hydrogens is 368 g/mol.